The van der Waals surface area contributed by atoms with Crippen LogP contribution in [-0.2, 0) is 11.3 Å². The number of alkyl carbamates (subject to hydrolysis) is 1. The van der Waals surface area contributed by atoms with Crippen LogP contribution in [0.15, 0.2) is 17.5 Å². The summed E-state index contributed by atoms with van der Waals surface area (Å²) in [5.41, 5.74) is -0.442. The van der Waals surface area contributed by atoms with Crippen LogP contribution in [0, 0.1) is 5.92 Å². The lowest BCUT2D eigenvalue weighted by Crippen LogP contribution is -2.45. The van der Waals surface area contributed by atoms with E-state index in [1.165, 1.54) is 17.7 Å². The molecule has 1 atom stereocenters. The predicted octanol–water partition coefficient (Wildman–Crippen LogP) is 3.14. The van der Waals surface area contributed by atoms with Gasteiger partial charge in [-0.3, -0.25) is 0 Å². The normalized spacial score (nSPS) is 16.8. The molecule has 2 rings (SSSR count). The van der Waals surface area contributed by atoms with E-state index in [1.807, 2.05) is 20.8 Å². The van der Waals surface area contributed by atoms with E-state index in [0.29, 0.717) is 5.92 Å². The van der Waals surface area contributed by atoms with Gasteiger partial charge in [0.2, 0.25) is 0 Å². The second-order valence-electron chi connectivity index (χ2n) is 6.30. The van der Waals surface area contributed by atoms with Crippen molar-refractivity contribution in [3.63, 3.8) is 0 Å². The third kappa shape index (κ3) is 5.51. The van der Waals surface area contributed by atoms with E-state index in [0.717, 1.165) is 13.1 Å². The fourth-order valence-corrected chi connectivity index (χ4v) is 2.73. The number of carbonyl (C=O) groups is 1. The number of ether oxygens (including phenoxy) is 1. The van der Waals surface area contributed by atoms with Gasteiger partial charge in [-0.2, -0.15) is 0 Å². The van der Waals surface area contributed by atoms with Crippen LogP contribution in [0.3, 0.4) is 0 Å². The van der Waals surface area contributed by atoms with Crippen LogP contribution >= 0.6 is 11.3 Å². The molecule has 1 amide bonds. The predicted molar refractivity (Wildman–Crippen MR) is 81.9 cm³/mol. The molecule has 0 saturated heterocycles. The van der Waals surface area contributed by atoms with Crippen LogP contribution in [0.25, 0.3) is 0 Å². The molecule has 0 aliphatic heterocycles. The summed E-state index contributed by atoms with van der Waals surface area (Å²) in [7, 11) is 0. The van der Waals surface area contributed by atoms with Crippen molar-refractivity contribution >= 4 is 17.4 Å². The first-order valence-corrected chi connectivity index (χ1v) is 8.04. The first-order chi connectivity index (χ1) is 9.44. The Bertz CT molecular complexity index is 422. The highest BCUT2D eigenvalue weighted by molar-refractivity contribution is 7.09. The van der Waals surface area contributed by atoms with Crippen molar-refractivity contribution in [1.82, 2.24) is 10.6 Å². The summed E-state index contributed by atoms with van der Waals surface area (Å²) >= 11 is 1.75. The van der Waals surface area contributed by atoms with Gasteiger partial charge < -0.3 is 15.4 Å². The lowest BCUT2D eigenvalue weighted by atomic mass is 10.2. The van der Waals surface area contributed by atoms with Crippen molar-refractivity contribution in [2.45, 2.75) is 51.8 Å². The van der Waals surface area contributed by atoms with Crippen LogP contribution in [0.5, 0.6) is 0 Å². The fourth-order valence-electron chi connectivity index (χ4n) is 2.06. The fraction of sp³-hybridized carbons (Fsp3) is 0.667. The van der Waals surface area contributed by atoms with Crippen LogP contribution in [-0.4, -0.2) is 24.3 Å². The van der Waals surface area contributed by atoms with Crippen molar-refractivity contribution in [2.75, 3.05) is 6.54 Å². The highest BCUT2D eigenvalue weighted by atomic mass is 32.1. The van der Waals surface area contributed by atoms with Crippen molar-refractivity contribution in [1.29, 1.82) is 0 Å². The largest absolute Gasteiger partial charge is 0.444 e. The van der Waals surface area contributed by atoms with E-state index < -0.39 is 5.60 Å². The molecule has 1 saturated carbocycles. The molecular weight excluding hydrogens is 272 g/mol. The van der Waals surface area contributed by atoms with Gasteiger partial charge in [-0.15, -0.1) is 11.3 Å². The van der Waals surface area contributed by atoms with E-state index in [2.05, 4.69) is 28.1 Å². The van der Waals surface area contributed by atoms with E-state index in [-0.39, 0.29) is 12.1 Å². The second-order valence-corrected chi connectivity index (χ2v) is 7.33. The van der Waals surface area contributed by atoms with Gasteiger partial charge in [0.25, 0.3) is 0 Å². The number of rotatable bonds is 6. The molecule has 1 aliphatic rings. The summed E-state index contributed by atoms with van der Waals surface area (Å²) in [4.78, 5) is 13.2. The van der Waals surface area contributed by atoms with E-state index in [1.54, 1.807) is 11.3 Å². The van der Waals surface area contributed by atoms with Crippen LogP contribution in [0.4, 0.5) is 4.79 Å². The van der Waals surface area contributed by atoms with Gasteiger partial charge in [-0.25, -0.2) is 4.79 Å². The maximum absolute atomic E-state index is 11.8. The van der Waals surface area contributed by atoms with Gasteiger partial charge in [0.05, 0.1) is 0 Å². The molecular formula is C15H24N2O2S. The van der Waals surface area contributed by atoms with Crippen molar-refractivity contribution in [3.05, 3.63) is 22.4 Å². The molecule has 1 fully saturated rings. The molecule has 5 heteroatoms. The first kappa shape index (κ1) is 15.3. The average molecular weight is 296 g/mol. The minimum atomic E-state index is -0.442. The lowest BCUT2D eigenvalue weighted by molar-refractivity contribution is 0.0497. The monoisotopic (exact) mass is 296 g/mol. The molecule has 0 bridgehead atoms. The number of thiophene rings is 1. The highest BCUT2D eigenvalue weighted by Crippen LogP contribution is 2.32. The van der Waals surface area contributed by atoms with Crippen LogP contribution in [0.2, 0.25) is 0 Å². The summed E-state index contributed by atoms with van der Waals surface area (Å²) in [5.74, 6) is 0.596. The zero-order valence-corrected chi connectivity index (χ0v) is 13.3. The zero-order valence-electron chi connectivity index (χ0n) is 12.4. The Balaban J connectivity index is 1.74. The number of amides is 1. The zero-order chi connectivity index (χ0) is 14.6. The molecule has 1 unspecified atom stereocenters. The first-order valence-electron chi connectivity index (χ1n) is 7.16. The quantitative estimate of drug-likeness (QED) is 0.848. The average Bonchev–Trinajstić information content (AvgIpc) is 3.04. The summed E-state index contributed by atoms with van der Waals surface area (Å²) < 4.78 is 5.32. The lowest BCUT2D eigenvalue weighted by Gasteiger charge is -2.23. The topological polar surface area (TPSA) is 50.4 Å². The maximum atomic E-state index is 11.8. The Kier molecular flexibility index (Phi) is 5.05. The second kappa shape index (κ2) is 6.59. The van der Waals surface area contributed by atoms with E-state index in [4.69, 9.17) is 4.74 Å². The Morgan fingerprint density at radius 3 is 2.80 bits per heavy atom. The Labute approximate surface area is 124 Å². The van der Waals surface area contributed by atoms with E-state index in [9.17, 15) is 4.79 Å². The maximum Gasteiger partial charge on any atom is 0.407 e. The summed E-state index contributed by atoms with van der Waals surface area (Å²) in [6.07, 6.45) is 2.08. The van der Waals surface area contributed by atoms with Crippen molar-refractivity contribution in [3.8, 4) is 0 Å². The summed E-state index contributed by atoms with van der Waals surface area (Å²) in [5, 5.41) is 8.49. The van der Waals surface area contributed by atoms with Gasteiger partial charge >= 0.3 is 6.09 Å². The third-order valence-electron chi connectivity index (χ3n) is 3.14. The Hall–Kier alpha value is -1.07. The molecule has 112 valence electrons. The molecule has 0 spiro atoms. The number of hydrogen-bond acceptors (Lipinski definition) is 4. The molecule has 0 radical (unpaired) electrons. The third-order valence-corrected chi connectivity index (χ3v) is 4.01. The van der Waals surface area contributed by atoms with Gasteiger partial charge in [-0.05, 0) is 51.0 Å². The molecule has 1 aromatic heterocycles. The van der Waals surface area contributed by atoms with Gasteiger partial charge in [0.1, 0.15) is 5.60 Å². The Morgan fingerprint density at radius 1 is 1.50 bits per heavy atom. The standard InChI is InChI=1S/C15H24N2O2S/c1-15(2,3)19-14(18)17-13(11-6-7-11)10-16-9-12-5-4-8-20-12/h4-5,8,11,13,16H,6-7,9-10H2,1-3H3,(H,17,18). The molecule has 4 nitrogen and oxygen atoms in total. The van der Waals surface area contributed by atoms with Gasteiger partial charge in [0.15, 0.2) is 0 Å². The molecule has 1 aliphatic carbocycles. The van der Waals surface area contributed by atoms with E-state index >= 15 is 0 Å². The number of hydrogen-bond donors (Lipinski definition) is 2. The molecule has 2 N–H and O–H groups in total. The number of carbonyl (C=O) groups excluding carboxylic acids is 1. The molecule has 1 aromatic rings. The Morgan fingerprint density at radius 2 is 2.25 bits per heavy atom. The van der Waals surface area contributed by atoms with Gasteiger partial charge in [0, 0.05) is 24.0 Å². The van der Waals surface area contributed by atoms with Gasteiger partial charge in [-0.1, -0.05) is 6.07 Å². The minimum Gasteiger partial charge on any atom is -0.444 e. The molecule has 20 heavy (non-hydrogen) atoms. The van der Waals surface area contributed by atoms with Crippen LogP contribution in [0.1, 0.15) is 38.5 Å². The number of nitrogens with one attached hydrogen (secondary N) is 2. The molecule has 1 heterocycles. The summed E-state index contributed by atoms with van der Waals surface area (Å²) in [6, 6.07) is 4.34. The minimum absolute atomic E-state index is 0.171. The molecule has 0 aromatic carbocycles. The summed E-state index contributed by atoms with van der Waals surface area (Å²) in [6.45, 7) is 7.30. The van der Waals surface area contributed by atoms with Crippen LogP contribution < -0.4 is 10.6 Å². The smallest absolute Gasteiger partial charge is 0.407 e. The van der Waals surface area contributed by atoms with Crippen molar-refractivity contribution in [2.24, 2.45) is 5.92 Å². The van der Waals surface area contributed by atoms with Crippen molar-refractivity contribution < 1.29 is 9.53 Å². The highest BCUT2D eigenvalue weighted by Gasteiger charge is 2.33. The SMILES string of the molecule is CC(C)(C)OC(=O)NC(CNCc1cccs1)C1CC1.